The zero-order chi connectivity index (χ0) is 47.2. The van der Waals surface area contributed by atoms with Crippen LogP contribution < -0.4 is 20.9 Å². The fraction of sp³-hybridized carbons (Fsp3) is 0.408. The molecule has 1 aromatic heterocycles. The second kappa shape index (κ2) is 23.2. The Balaban J connectivity index is 0.641. The van der Waals surface area contributed by atoms with E-state index in [0.717, 1.165) is 28.1 Å². The van der Waals surface area contributed by atoms with Crippen LogP contribution >= 0.6 is 0 Å². The van der Waals surface area contributed by atoms with E-state index in [1.807, 2.05) is 54.7 Å². The van der Waals surface area contributed by atoms with E-state index in [4.69, 9.17) is 23.9 Å². The molecule has 3 N–H and O–H groups in total. The standard InChI is InChI=1S/C49H55N9O10/c59-42-14-13-41(45(61)55-42)57-47(63)37-7-4-8-39(43(37)48(57)64)50-21-25-65-27-29-67-31-32-68-30-28-66-26-22-51-44(60)35-11-9-33(10-12-35)38-15-19-52-49(54-38)56-23-17-36(18-24-56)46(62)58-40(16-20-53-58)34-5-2-1-3-6-34/h1-12,15,19-20,36,40-41,50H,13-14,16-18,21-32H2,(H,51,60)(H,55,59,61). The first-order chi connectivity index (χ1) is 33.3. The van der Waals surface area contributed by atoms with Gasteiger partial charge in [-0.25, -0.2) is 15.0 Å². The third-order valence-corrected chi connectivity index (χ3v) is 12.1. The lowest BCUT2D eigenvalue weighted by molar-refractivity contribution is -0.138. The summed E-state index contributed by atoms with van der Waals surface area (Å²) in [4.78, 5) is 88.9. The Hall–Kier alpha value is -6.93. The molecule has 6 amide bonds. The number of ether oxygens (including phenoxy) is 4. The van der Waals surface area contributed by atoms with Crippen molar-refractivity contribution in [3.63, 3.8) is 0 Å². The van der Waals surface area contributed by atoms with Gasteiger partial charge in [-0.1, -0.05) is 48.5 Å². The molecule has 2 unspecified atom stereocenters. The monoisotopic (exact) mass is 929 g/mol. The highest BCUT2D eigenvalue weighted by atomic mass is 16.6. The predicted molar refractivity (Wildman–Crippen MR) is 249 cm³/mol. The number of rotatable bonds is 22. The van der Waals surface area contributed by atoms with E-state index in [1.54, 1.807) is 41.5 Å². The Labute approximate surface area is 393 Å². The summed E-state index contributed by atoms with van der Waals surface area (Å²) in [5.74, 6) is -1.86. The lowest BCUT2D eigenvalue weighted by Gasteiger charge is -2.33. The van der Waals surface area contributed by atoms with E-state index in [2.05, 4.69) is 30.9 Å². The number of piperidine rings is 2. The number of hydrogen-bond acceptors (Lipinski definition) is 15. The first kappa shape index (κ1) is 47.6. The maximum Gasteiger partial charge on any atom is 0.264 e. The molecule has 0 bridgehead atoms. The zero-order valence-electron chi connectivity index (χ0n) is 37.7. The number of nitrogens with one attached hydrogen (secondary N) is 3. The molecule has 19 heteroatoms. The number of carbonyl (C=O) groups is 6. The quantitative estimate of drug-likeness (QED) is 0.0757. The van der Waals surface area contributed by atoms with Crippen molar-refractivity contribution in [1.29, 1.82) is 0 Å². The molecule has 356 valence electrons. The number of nitrogens with zero attached hydrogens (tertiary/aromatic N) is 6. The number of hydrogen-bond donors (Lipinski definition) is 3. The Morgan fingerprint density at radius 1 is 0.721 bits per heavy atom. The van der Waals surface area contributed by atoms with Gasteiger partial charge in [0.1, 0.15) is 6.04 Å². The molecule has 5 heterocycles. The minimum absolute atomic E-state index is 0.0547. The van der Waals surface area contributed by atoms with Crippen LogP contribution in [0.1, 0.15) is 74.8 Å². The number of amides is 6. The zero-order valence-corrected chi connectivity index (χ0v) is 37.7. The molecular formula is C49H55N9O10. The molecule has 0 aliphatic carbocycles. The molecule has 68 heavy (non-hydrogen) atoms. The molecule has 2 fully saturated rings. The van der Waals surface area contributed by atoms with Crippen molar-refractivity contribution in [2.75, 3.05) is 89.3 Å². The van der Waals surface area contributed by atoms with Crippen LogP contribution in [0, 0.1) is 5.92 Å². The third kappa shape index (κ3) is 11.6. The minimum atomic E-state index is -1.03. The molecule has 2 atom stereocenters. The minimum Gasteiger partial charge on any atom is -0.382 e. The normalized spacial score (nSPS) is 18.3. The molecule has 4 aliphatic rings. The van der Waals surface area contributed by atoms with Crippen LogP contribution in [0.3, 0.4) is 0 Å². The highest BCUT2D eigenvalue weighted by Gasteiger charge is 2.45. The summed E-state index contributed by atoms with van der Waals surface area (Å²) in [5, 5.41) is 14.3. The van der Waals surface area contributed by atoms with E-state index < -0.39 is 29.7 Å². The van der Waals surface area contributed by atoms with Crippen molar-refractivity contribution >= 4 is 53.3 Å². The predicted octanol–water partition coefficient (Wildman–Crippen LogP) is 3.63. The number of hydrazone groups is 1. The summed E-state index contributed by atoms with van der Waals surface area (Å²) < 4.78 is 22.3. The molecule has 0 spiro atoms. The van der Waals surface area contributed by atoms with Crippen molar-refractivity contribution in [1.82, 2.24) is 30.5 Å². The number of fused-ring (bicyclic) bond motifs is 1. The third-order valence-electron chi connectivity index (χ3n) is 12.1. The lowest BCUT2D eigenvalue weighted by atomic mass is 9.94. The molecule has 0 radical (unpaired) electrons. The van der Waals surface area contributed by atoms with E-state index >= 15 is 0 Å². The Morgan fingerprint density at radius 3 is 2.12 bits per heavy atom. The number of benzene rings is 3. The average Bonchev–Trinajstić information content (AvgIpc) is 3.96. The summed E-state index contributed by atoms with van der Waals surface area (Å²) >= 11 is 0. The smallest absolute Gasteiger partial charge is 0.264 e. The molecule has 4 aromatic rings. The van der Waals surface area contributed by atoms with Gasteiger partial charge in [0.2, 0.25) is 23.7 Å². The molecule has 0 saturated carbocycles. The molecule has 4 aliphatic heterocycles. The fourth-order valence-corrected chi connectivity index (χ4v) is 8.57. The van der Waals surface area contributed by atoms with Crippen molar-refractivity contribution < 1.29 is 47.7 Å². The number of anilines is 2. The number of aromatic nitrogens is 2. The number of carbonyl (C=O) groups excluding carboxylic acids is 6. The van der Waals surface area contributed by atoms with Crippen LogP contribution in [0.2, 0.25) is 0 Å². The van der Waals surface area contributed by atoms with Crippen molar-refractivity contribution in [2.24, 2.45) is 11.0 Å². The van der Waals surface area contributed by atoms with Gasteiger partial charge in [0, 0.05) is 74.2 Å². The second-order valence-corrected chi connectivity index (χ2v) is 16.5. The van der Waals surface area contributed by atoms with Gasteiger partial charge in [0.25, 0.3) is 17.7 Å². The second-order valence-electron chi connectivity index (χ2n) is 16.5. The molecular weight excluding hydrogens is 875 g/mol. The van der Waals surface area contributed by atoms with E-state index in [1.165, 1.54) is 0 Å². The van der Waals surface area contributed by atoms with Gasteiger partial charge in [-0.3, -0.25) is 39.0 Å². The van der Waals surface area contributed by atoms with Gasteiger partial charge >= 0.3 is 0 Å². The van der Waals surface area contributed by atoms with Gasteiger partial charge in [-0.05, 0) is 55.2 Å². The topological polar surface area (TPSA) is 223 Å². The number of imide groups is 2. The maximum atomic E-state index is 13.5. The van der Waals surface area contributed by atoms with Crippen molar-refractivity contribution in [3.05, 3.63) is 107 Å². The summed E-state index contributed by atoms with van der Waals surface area (Å²) in [6, 6.07) is 22.9. The summed E-state index contributed by atoms with van der Waals surface area (Å²) in [7, 11) is 0. The van der Waals surface area contributed by atoms with E-state index in [0.29, 0.717) is 109 Å². The maximum absolute atomic E-state index is 13.5. The average molecular weight is 930 g/mol. The lowest BCUT2D eigenvalue weighted by Crippen LogP contribution is -2.54. The first-order valence-corrected chi connectivity index (χ1v) is 23.0. The molecule has 2 saturated heterocycles. The Bertz CT molecular complexity index is 2460. The highest BCUT2D eigenvalue weighted by molar-refractivity contribution is 6.25. The van der Waals surface area contributed by atoms with Gasteiger partial charge in [0.15, 0.2) is 0 Å². The summed E-state index contributed by atoms with van der Waals surface area (Å²) in [6.07, 6.45) is 5.81. The van der Waals surface area contributed by atoms with E-state index in [-0.39, 0.29) is 47.7 Å². The van der Waals surface area contributed by atoms with Crippen molar-refractivity contribution in [2.45, 2.75) is 44.2 Å². The van der Waals surface area contributed by atoms with Gasteiger partial charge in [-0.2, -0.15) is 5.10 Å². The van der Waals surface area contributed by atoms with Crippen LogP contribution in [-0.4, -0.2) is 147 Å². The Kier molecular flexibility index (Phi) is 16.2. The molecule has 19 nitrogen and oxygen atoms in total. The van der Waals surface area contributed by atoms with E-state index in [9.17, 15) is 28.8 Å². The first-order valence-electron chi connectivity index (χ1n) is 23.0. The van der Waals surface area contributed by atoms with Crippen molar-refractivity contribution in [3.8, 4) is 11.3 Å². The summed E-state index contributed by atoms with van der Waals surface area (Å²) in [5.41, 5.74) is 4.08. The van der Waals surface area contributed by atoms with Crippen LogP contribution in [-0.2, 0) is 33.3 Å². The fourth-order valence-electron chi connectivity index (χ4n) is 8.57. The van der Waals surface area contributed by atoms with Crippen LogP contribution in [0.15, 0.2) is 90.2 Å². The highest BCUT2D eigenvalue weighted by Crippen LogP contribution is 2.34. The van der Waals surface area contributed by atoms with Crippen LogP contribution in [0.5, 0.6) is 0 Å². The van der Waals surface area contributed by atoms with Gasteiger partial charge in [-0.15, -0.1) is 0 Å². The SMILES string of the molecule is O=C1CCC(N2C(=O)c3cccc(NCCOCCOCCOCCOCCNC(=O)c4ccc(-c5ccnc(N6CCC(C(=O)N7N=CCC7c7ccccc7)CC6)n5)cc4)c3C2=O)C(=O)N1. The van der Waals surface area contributed by atoms with Crippen LogP contribution in [0.4, 0.5) is 11.6 Å². The largest absolute Gasteiger partial charge is 0.382 e. The summed E-state index contributed by atoms with van der Waals surface area (Å²) in [6.45, 7) is 4.85. The van der Waals surface area contributed by atoms with Crippen LogP contribution in [0.25, 0.3) is 11.3 Å². The van der Waals surface area contributed by atoms with Gasteiger partial charge in [0.05, 0.1) is 75.7 Å². The molecule has 3 aromatic carbocycles. The Morgan fingerprint density at radius 2 is 1.41 bits per heavy atom. The van der Waals surface area contributed by atoms with Gasteiger partial charge < -0.3 is 34.5 Å². The molecule has 8 rings (SSSR count).